The van der Waals surface area contributed by atoms with Crippen LogP contribution in [0.15, 0.2) is 23.6 Å². The Morgan fingerprint density at radius 1 is 1.40 bits per heavy atom. The quantitative estimate of drug-likeness (QED) is 0.897. The van der Waals surface area contributed by atoms with E-state index in [9.17, 15) is 4.79 Å². The number of rotatable bonds is 5. The van der Waals surface area contributed by atoms with Crippen LogP contribution in [-0.2, 0) is 17.8 Å². The number of nitrogens with one attached hydrogen (secondary N) is 1. The number of hydrogen-bond acceptors (Lipinski definition) is 2. The van der Waals surface area contributed by atoms with E-state index in [4.69, 9.17) is 0 Å². The van der Waals surface area contributed by atoms with E-state index in [2.05, 4.69) is 43.6 Å². The van der Waals surface area contributed by atoms with Gasteiger partial charge < -0.3 is 9.88 Å². The molecule has 0 saturated heterocycles. The van der Waals surface area contributed by atoms with E-state index in [0.29, 0.717) is 19.0 Å². The minimum absolute atomic E-state index is 0.0850. The van der Waals surface area contributed by atoms with Gasteiger partial charge in [-0.05, 0) is 50.8 Å². The van der Waals surface area contributed by atoms with E-state index in [1.165, 1.54) is 17.0 Å². The molecule has 2 heterocycles. The Morgan fingerprint density at radius 2 is 2.15 bits per heavy atom. The van der Waals surface area contributed by atoms with Gasteiger partial charge in [-0.15, -0.1) is 11.3 Å². The number of carbonyl (C=O) groups is 1. The molecule has 0 aliphatic rings. The molecule has 1 N–H and O–H groups in total. The zero-order valence-corrected chi connectivity index (χ0v) is 13.4. The molecule has 0 aliphatic heterocycles. The second-order valence-corrected chi connectivity index (χ2v) is 6.43. The topological polar surface area (TPSA) is 34.0 Å². The summed E-state index contributed by atoms with van der Waals surface area (Å²) < 4.78 is 2.31. The van der Waals surface area contributed by atoms with Gasteiger partial charge >= 0.3 is 0 Å². The Kier molecular flexibility index (Phi) is 4.65. The van der Waals surface area contributed by atoms with Gasteiger partial charge in [0.15, 0.2) is 0 Å². The Morgan fingerprint density at radius 3 is 2.70 bits per heavy atom. The van der Waals surface area contributed by atoms with E-state index >= 15 is 0 Å². The maximum absolute atomic E-state index is 11.9. The fourth-order valence-corrected chi connectivity index (χ4v) is 3.35. The van der Waals surface area contributed by atoms with E-state index in [1.54, 1.807) is 11.3 Å². The zero-order chi connectivity index (χ0) is 14.7. The predicted molar refractivity (Wildman–Crippen MR) is 84.2 cm³/mol. The van der Waals surface area contributed by atoms with Gasteiger partial charge in [0.25, 0.3) is 0 Å². The highest BCUT2D eigenvalue weighted by molar-refractivity contribution is 7.10. The van der Waals surface area contributed by atoms with Crippen molar-refractivity contribution < 1.29 is 4.79 Å². The maximum atomic E-state index is 11.9. The fourth-order valence-electron chi connectivity index (χ4n) is 2.65. The van der Waals surface area contributed by atoms with Gasteiger partial charge in [-0.25, -0.2) is 0 Å². The number of nitrogens with zero attached hydrogens (tertiary/aromatic N) is 1. The third-order valence-electron chi connectivity index (χ3n) is 3.50. The van der Waals surface area contributed by atoms with Gasteiger partial charge in [-0.2, -0.15) is 0 Å². The van der Waals surface area contributed by atoms with Crippen LogP contribution in [0, 0.1) is 13.8 Å². The van der Waals surface area contributed by atoms with Crippen molar-refractivity contribution in [1.29, 1.82) is 0 Å². The Labute approximate surface area is 124 Å². The summed E-state index contributed by atoms with van der Waals surface area (Å²) in [5.74, 6) is 0.0850. The second-order valence-electron chi connectivity index (χ2n) is 5.39. The lowest BCUT2D eigenvalue weighted by Crippen LogP contribution is -2.24. The minimum atomic E-state index is 0.0850. The first-order chi connectivity index (χ1) is 9.49. The lowest BCUT2D eigenvalue weighted by atomic mass is 10.2. The molecule has 0 unspecified atom stereocenters. The Hall–Kier alpha value is -1.55. The van der Waals surface area contributed by atoms with Crippen molar-refractivity contribution in [2.75, 3.05) is 0 Å². The molecule has 20 heavy (non-hydrogen) atoms. The van der Waals surface area contributed by atoms with Crippen LogP contribution in [0.4, 0.5) is 0 Å². The van der Waals surface area contributed by atoms with Gasteiger partial charge in [0.2, 0.25) is 5.91 Å². The summed E-state index contributed by atoms with van der Waals surface area (Å²) in [4.78, 5) is 13.0. The van der Waals surface area contributed by atoms with Crippen LogP contribution >= 0.6 is 11.3 Å². The number of aromatic nitrogens is 1. The molecule has 0 saturated carbocycles. The summed E-state index contributed by atoms with van der Waals surface area (Å²) in [6, 6.07) is 6.59. The molecule has 0 bridgehead atoms. The highest BCUT2D eigenvalue weighted by atomic mass is 32.1. The van der Waals surface area contributed by atoms with Crippen molar-refractivity contribution in [2.45, 2.75) is 46.7 Å². The molecular formula is C16H22N2OS. The Balaban J connectivity index is 1.97. The van der Waals surface area contributed by atoms with Crippen LogP contribution in [0.5, 0.6) is 0 Å². The van der Waals surface area contributed by atoms with Crippen LogP contribution in [0.25, 0.3) is 0 Å². The molecular weight excluding hydrogens is 268 g/mol. The monoisotopic (exact) mass is 290 g/mol. The van der Waals surface area contributed by atoms with E-state index in [1.807, 2.05) is 17.5 Å². The zero-order valence-electron chi connectivity index (χ0n) is 12.6. The van der Waals surface area contributed by atoms with Gasteiger partial charge in [-0.3, -0.25) is 4.79 Å². The maximum Gasteiger partial charge on any atom is 0.225 e. The number of hydrogen-bond donors (Lipinski definition) is 1. The predicted octanol–water partition coefficient (Wildman–Crippen LogP) is 3.61. The number of aryl methyl sites for hydroxylation is 1. The van der Waals surface area contributed by atoms with Gasteiger partial charge in [0.1, 0.15) is 0 Å². The molecule has 4 heteroatoms. The van der Waals surface area contributed by atoms with Crippen LogP contribution in [0.2, 0.25) is 0 Å². The molecule has 0 radical (unpaired) electrons. The Bertz CT molecular complexity index is 582. The standard InChI is InChI=1S/C16H22N2OS/c1-11(2)18-12(3)8-14(13(18)4)10-17-16(19)9-15-6-5-7-20-15/h5-8,11H,9-10H2,1-4H3,(H,17,19). The highest BCUT2D eigenvalue weighted by Gasteiger charge is 2.12. The second kappa shape index (κ2) is 6.27. The molecule has 108 valence electrons. The molecule has 0 atom stereocenters. The molecule has 1 amide bonds. The van der Waals surface area contributed by atoms with E-state index in [0.717, 1.165) is 4.88 Å². The minimum Gasteiger partial charge on any atom is -0.352 e. The summed E-state index contributed by atoms with van der Waals surface area (Å²) >= 11 is 1.62. The van der Waals surface area contributed by atoms with Crippen LogP contribution in [-0.4, -0.2) is 10.5 Å². The molecule has 0 aliphatic carbocycles. The van der Waals surface area contributed by atoms with E-state index in [-0.39, 0.29) is 5.91 Å². The summed E-state index contributed by atoms with van der Waals surface area (Å²) in [5.41, 5.74) is 3.70. The summed E-state index contributed by atoms with van der Waals surface area (Å²) in [7, 11) is 0. The van der Waals surface area contributed by atoms with Crippen molar-refractivity contribution in [1.82, 2.24) is 9.88 Å². The highest BCUT2D eigenvalue weighted by Crippen LogP contribution is 2.20. The van der Waals surface area contributed by atoms with Crippen molar-refractivity contribution in [3.05, 3.63) is 45.4 Å². The average molecular weight is 290 g/mol. The lowest BCUT2D eigenvalue weighted by molar-refractivity contribution is -0.120. The third-order valence-corrected chi connectivity index (χ3v) is 4.37. The largest absolute Gasteiger partial charge is 0.352 e. The number of carbonyl (C=O) groups excluding carboxylic acids is 1. The summed E-state index contributed by atoms with van der Waals surface area (Å²) in [6.07, 6.45) is 0.473. The van der Waals surface area contributed by atoms with Crippen LogP contribution in [0.3, 0.4) is 0 Å². The SMILES string of the molecule is Cc1cc(CNC(=O)Cc2cccs2)c(C)n1C(C)C. The van der Waals surface area contributed by atoms with Crippen molar-refractivity contribution in [2.24, 2.45) is 0 Å². The van der Waals surface area contributed by atoms with Crippen molar-refractivity contribution in [3.63, 3.8) is 0 Å². The first-order valence-electron chi connectivity index (χ1n) is 6.95. The van der Waals surface area contributed by atoms with Crippen LogP contribution < -0.4 is 5.32 Å². The molecule has 2 aromatic heterocycles. The first-order valence-corrected chi connectivity index (χ1v) is 7.83. The van der Waals surface area contributed by atoms with Gasteiger partial charge in [0.05, 0.1) is 6.42 Å². The molecule has 2 rings (SSSR count). The van der Waals surface area contributed by atoms with Crippen molar-refractivity contribution in [3.8, 4) is 0 Å². The van der Waals surface area contributed by atoms with Crippen molar-refractivity contribution >= 4 is 17.2 Å². The molecule has 0 spiro atoms. The summed E-state index contributed by atoms with van der Waals surface area (Å²) in [6.45, 7) is 9.20. The molecule has 0 fully saturated rings. The first kappa shape index (κ1) is 14.9. The molecule has 3 nitrogen and oxygen atoms in total. The lowest BCUT2D eigenvalue weighted by Gasteiger charge is -2.14. The normalized spacial score (nSPS) is 11.1. The number of thiophene rings is 1. The number of amides is 1. The molecule has 0 aromatic carbocycles. The fraction of sp³-hybridized carbons (Fsp3) is 0.438. The van der Waals surface area contributed by atoms with E-state index < -0.39 is 0 Å². The average Bonchev–Trinajstić information content (AvgIpc) is 2.95. The summed E-state index contributed by atoms with van der Waals surface area (Å²) in [5, 5.41) is 5.01. The van der Waals surface area contributed by atoms with Gasteiger partial charge in [-0.1, -0.05) is 6.07 Å². The third kappa shape index (κ3) is 3.31. The van der Waals surface area contributed by atoms with Crippen LogP contribution in [0.1, 0.15) is 41.7 Å². The smallest absolute Gasteiger partial charge is 0.225 e. The van der Waals surface area contributed by atoms with Gasteiger partial charge in [0, 0.05) is 28.9 Å². The molecule has 2 aromatic rings.